The SMILES string of the molecule is Cc1sc2nc(CN3CCCc4c(N)cccc43)[nH]c(=O)c2c1C.Cl. The highest BCUT2D eigenvalue weighted by molar-refractivity contribution is 7.18. The van der Waals surface area contributed by atoms with Crippen molar-refractivity contribution in [2.24, 2.45) is 0 Å². The number of aromatic amines is 1. The molecule has 0 saturated heterocycles. The number of hydrogen-bond acceptors (Lipinski definition) is 5. The lowest BCUT2D eigenvalue weighted by Gasteiger charge is -2.31. The maximum Gasteiger partial charge on any atom is 0.259 e. The molecule has 3 heterocycles. The van der Waals surface area contributed by atoms with Gasteiger partial charge in [0.15, 0.2) is 0 Å². The Morgan fingerprint density at radius 3 is 2.96 bits per heavy atom. The third kappa shape index (κ3) is 3.00. The molecule has 2 aromatic heterocycles. The number of H-pyrrole nitrogens is 1. The number of aryl methyl sites for hydroxylation is 2. The summed E-state index contributed by atoms with van der Waals surface area (Å²) in [6.45, 7) is 5.55. The van der Waals surface area contributed by atoms with E-state index in [0.717, 1.165) is 51.4 Å². The molecular formula is C18H21ClN4OS. The van der Waals surface area contributed by atoms with Gasteiger partial charge in [0.1, 0.15) is 10.7 Å². The number of nitrogens with one attached hydrogen (secondary N) is 1. The topological polar surface area (TPSA) is 75.0 Å². The number of halogens is 1. The second-order valence-corrected chi connectivity index (χ2v) is 7.55. The van der Waals surface area contributed by atoms with E-state index in [-0.39, 0.29) is 18.0 Å². The number of nitrogens with zero attached hydrogens (tertiary/aromatic N) is 2. The normalized spacial score (nSPS) is 13.6. The Morgan fingerprint density at radius 2 is 2.16 bits per heavy atom. The van der Waals surface area contributed by atoms with Crippen molar-refractivity contribution in [1.29, 1.82) is 0 Å². The number of fused-ring (bicyclic) bond motifs is 2. The highest BCUT2D eigenvalue weighted by Gasteiger charge is 2.20. The fraction of sp³-hybridized carbons (Fsp3) is 0.333. The summed E-state index contributed by atoms with van der Waals surface area (Å²) in [4.78, 5) is 24.3. The summed E-state index contributed by atoms with van der Waals surface area (Å²) in [5, 5.41) is 0.726. The van der Waals surface area contributed by atoms with Gasteiger partial charge in [-0.15, -0.1) is 23.7 Å². The Hall–Kier alpha value is -2.05. The van der Waals surface area contributed by atoms with Gasteiger partial charge >= 0.3 is 0 Å². The summed E-state index contributed by atoms with van der Waals surface area (Å²) in [5.41, 5.74) is 10.3. The van der Waals surface area contributed by atoms with Gasteiger partial charge in [0, 0.05) is 22.8 Å². The average Bonchev–Trinajstić information content (AvgIpc) is 2.83. The minimum atomic E-state index is -0.0401. The van der Waals surface area contributed by atoms with Crippen molar-refractivity contribution in [2.45, 2.75) is 33.2 Å². The van der Waals surface area contributed by atoms with Crippen molar-refractivity contribution < 1.29 is 0 Å². The summed E-state index contributed by atoms with van der Waals surface area (Å²) in [6, 6.07) is 6.03. The van der Waals surface area contributed by atoms with Crippen LogP contribution in [-0.2, 0) is 13.0 Å². The van der Waals surface area contributed by atoms with Crippen LogP contribution in [0.25, 0.3) is 10.2 Å². The molecule has 0 fully saturated rings. The molecule has 0 amide bonds. The van der Waals surface area contributed by atoms with Gasteiger partial charge in [0.2, 0.25) is 0 Å². The van der Waals surface area contributed by atoms with Gasteiger partial charge in [-0.1, -0.05) is 6.07 Å². The van der Waals surface area contributed by atoms with Crippen molar-refractivity contribution >= 4 is 45.3 Å². The molecule has 0 unspecified atom stereocenters. The lowest BCUT2D eigenvalue weighted by molar-refractivity contribution is 0.675. The molecule has 4 rings (SSSR count). The second-order valence-electron chi connectivity index (χ2n) is 6.35. The predicted octanol–water partition coefficient (Wildman–Crippen LogP) is 3.56. The third-order valence-corrected chi connectivity index (χ3v) is 5.91. The Morgan fingerprint density at radius 1 is 1.36 bits per heavy atom. The van der Waals surface area contributed by atoms with Crippen molar-refractivity contribution in [3.05, 3.63) is 50.4 Å². The van der Waals surface area contributed by atoms with E-state index in [9.17, 15) is 4.79 Å². The molecule has 0 atom stereocenters. The van der Waals surface area contributed by atoms with Gasteiger partial charge in [0.25, 0.3) is 5.56 Å². The molecule has 25 heavy (non-hydrogen) atoms. The van der Waals surface area contributed by atoms with E-state index in [1.54, 1.807) is 11.3 Å². The van der Waals surface area contributed by atoms with Crippen molar-refractivity contribution in [1.82, 2.24) is 9.97 Å². The van der Waals surface area contributed by atoms with Gasteiger partial charge < -0.3 is 15.6 Å². The maximum atomic E-state index is 12.4. The largest absolute Gasteiger partial charge is 0.398 e. The van der Waals surface area contributed by atoms with E-state index >= 15 is 0 Å². The molecular weight excluding hydrogens is 356 g/mol. The fourth-order valence-corrected chi connectivity index (χ4v) is 4.50. The fourth-order valence-electron chi connectivity index (χ4n) is 3.45. The molecule has 132 valence electrons. The van der Waals surface area contributed by atoms with Gasteiger partial charge in [-0.2, -0.15) is 0 Å². The quantitative estimate of drug-likeness (QED) is 0.670. The first-order valence-electron chi connectivity index (χ1n) is 8.16. The summed E-state index contributed by atoms with van der Waals surface area (Å²) < 4.78 is 0. The van der Waals surface area contributed by atoms with E-state index in [4.69, 9.17) is 10.7 Å². The number of rotatable bonds is 2. The molecule has 1 aliphatic heterocycles. The Kier molecular flexibility index (Phi) is 4.75. The number of thiophene rings is 1. The van der Waals surface area contributed by atoms with E-state index in [2.05, 4.69) is 16.0 Å². The minimum absolute atomic E-state index is 0. The van der Waals surface area contributed by atoms with Crippen LogP contribution >= 0.6 is 23.7 Å². The highest BCUT2D eigenvalue weighted by atomic mass is 35.5. The molecule has 7 heteroatoms. The van der Waals surface area contributed by atoms with Gasteiger partial charge in [-0.25, -0.2) is 4.98 Å². The zero-order valence-corrected chi connectivity index (χ0v) is 15.9. The Balaban J connectivity index is 0.00000182. The standard InChI is InChI=1S/C18H20N4OS.ClH/c1-10-11(2)24-18-16(10)17(23)20-15(21-18)9-22-8-4-5-12-13(19)6-3-7-14(12)22;/h3,6-7H,4-5,8-9,19H2,1-2H3,(H,20,21,23);1H. The van der Waals surface area contributed by atoms with Crippen molar-refractivity contribution in [3.8, 4) is 0 Å². The number of nitrogens with two attached hydrogens (primary N) is 1. The zero-order chi connectivity index (χ0) is 16.8. The number of nitrogen functional groups attached to an aromatic ring is 1. The minimum Gasteiger partial charge on any atom is -0.398 e. The van der Waals surface area contributed by atoms with Gasteiger partial charge in [-0.05, 0) is 49.9 Å². The van der Waals surface area contributed by atoms with Crippen LogP contribution in [0.15, 0.2) is 23.0 Å². The van der Waals surface area contributed by atoms with Crippen molar-refractivity contribution in [3.63, 3.8) is 0 Å². The van der Waals surface area contributed by atoms with E-state index < -0.39 is 0 Å². The van der Waals surface area contributed by atoms with Crippen LogP contribution in [0, 0.1) is 13.8 Å². The van der Waals surface area contributed by atoms with E-state index in [1.807, 2.05) is 26.0 Å². The first kappa shape index (κ1) is 17.8. The lowest BCUT2D eigenvalue weighted by Crippen LogP contribution is -2.31. The Bertz CT molecular complexity index is 995. The summed E-state index contributed by atoms with van der Waals surface area (Å²) >= 11 is 1.59. The van der Waals surface area contributed by atoms with Crippen LogP contribution in [-0.4, -0.2) is 16.5 Å². The number of aromatic nitrogens is 2. The van der Waals surface area contributed by atoms with Crippen LogP contribution in [0.1, 0.15) is 28.2 Å². The van der Waals surface area contributed by atoms with Crippen LogP contribution in [0.4, 0.5) is 11.4 Å². The lowest BCUT2D eigenvalue weighted by atomic mass is 10.00. The summed E-state index contributed by atoms with van der Waals surface area (Å²) in [7, 11) is 0. The van der Waals surface area contributed by atoms with Gasteiger partial charge in [-0.3, -0.25) is 4.79 Å². The molecule has 1 aromatic carbocycles. The monoisotopic (exact) mass is 376 g/mol. The van der Waals surface area contributed by atoms with Crippen molar-refractivity contribution in [2.75, 3.05) is 17.2 Å². The smallest absolute Gasteiger partial charge is 0.259 e. The van der Waals surface area contributed by atoms with Gasteiger partial charge in [0.05, 0.1) is 11.9 Å². The molecule has 0 spiro atoms. The van der Waals surface area contributed by atoms with E-state index in [0.29, 0.717) is 12.4 Å². The Labute approximate surface area is 156 Å². The molecule has 1 aliphatic rings. The molecule has 0 bridgehead atoms. The number of benzene rings is 1. The van der Waals surface area contributed by atoms with Crippen LogP contribution in [0.2, 0.25) is 0 Å². The van der Waals surface area contributed by atoms with Crippen LogP contribution in [0.3, 0.4) is 0 Å². The molecule has 3 aromatic rings. The number of anilines is 2. The number of hydrogen-bond donors (Lipinski definition) is 2. The first-order valence-corrected chi connectivity index (χ1v) is 8.97. The first-order chi connectivity index (χ1) is 11.5. The molecule has 0 saturated carbocycles. The maximum absolute atomic E-state index is 12.4. The molecule has 0 radical (unpaired) electrons. The zero-order valence-electron chi connectivity index (χ0n) is 14.3. The third-order valence-electron chi connectivity index (χ3n) is 4.81. The van der Waals surface area contributed by atoms with E-state index in [1.165, 1.54) is 5.56 Å². The highest BCUT2D eigenvalue weighted by Crippen LogP contribution is 2.32. The van der Waals surface area contributed by atoms with Crippen LogP contribution in [0.5, 0.6) is 0 Å². The second kappa shape index (κ2) is 6.69. The molecule has 5 nitrogen and oxygen atoms in total. The predicted molar refractivity (Wildman–Crippen MR) is 107 cm³/mol. The summed E-state index contributed by atoms with van der Waals surface area (Å²) in [5.74, 6) is 0.712. The molecule has 3 N–H and O–H groups in total. The summed E-state index contributed by atoms with van der Waals surface area (Å²) in [6.07, 6.45) is 2.07. The average molecular weight is 377 g/mol. The van der Waals surface area contributed by atoms with Crippen LogP contribution < -0.4 is 16.2 Å². The molecule has 0 aliphatic carbocycles.